The fourth-order valence-corrected chi connectivity index (χ4v) is 3.70. The Morgan fingerprint density at radius 2 is 1.51 bits per heavy atom. The number of amides is 2. The van der Waals surface area contributed by atoms with Crippen molar-refractivity contribution < 1.29 is 19.1 Å². The van der Waals surface area contributed by atoms with Crippen LogP contribution in [0.3, 0.4) is 0 Å². The number of ether oxygens (including phenoxy) is 2. The Bertz CT molecular complexity index is 1510. The van der Waals surface area contributed by atoms with Crippen LogP contribution in [0.4, 0.5) is 0 Å². The van der Waals surface area contributed by atoms with E-state index in [1.54, 1.807) is 79.7 Å². The fraction of sp³-hybridized carbons (Fsp3) is 0.148. The van der Waals surface area contributed by atoms with Crippen molar-refractivity contribution in [2.75, 3.05) is 14.2 Å². The van der Waals surface area contributed by atoms with Crippen LogP contribution in [-0.2, 0) is 4.79 Å². The number of nitrogens with one attached hydrogen (secondary N) is 3. The van der Waals surface area contributed by atoms with E-state index in [0.717, 1.165) is 0 Å². The summed E-state index contributed by atoms with van der Waals surface area (Å²) in [6.07, 6.45) is 0. The highest BCUT2D eigenvalue weighted by atomic mass is 16.5. The van der Waals surface area contributed by atoms with Gasteiger partial charge in [0, 0.05) is 22.6 Å². The minimum Gasteiger partial charge on any atom is -0.497 e. The summed E-state index contributed by atoms with van der Waals surface area (Å²) in [4.78, 5) is 38.7. The van der Waals surface area contributed by atoms with E-state index in [-0.39, 0.29) is 5.69 Å². The molecule has 0 aliphatic carbocycles. The number of aromatic nitrogens is 2. The van der Waals surface area contributed by atoms with E-state index in [1.807, 2.05) is 0 Å². The molecule has 10 heteroatoms. The highest BCUT2D eigenvalue weighted by Gasteiger charge is 2.27. The van der Waals surface area contributed by atoms with Crippen molar-refractivity contribution in [3.05, 3.63) is 100.0 Å². The second-order valence-corrected chi connectivity index (χ2v) is 8.03. The number of methoxy groups -OCH3 is 2. The number of fused-ring (bicyclic) bond motifs is 1. The number of nitrogens with zero attached hydrogens (tertiary/aromatic N) is 2. The monoisotopic (exact) mass is 499 g/mol. The van der Waals surface area contributed by atoms with Gasteiger partial charge in [-0.25, -0.2) is 10.5 Å². The molecule has 0 saturated heterocycles. The van der Waals surface area contributed by atoms with Crippen LogP contribution in [0, 0.1) is 0 Å². The first-order valence-electron chi connectivity index (χ1n) is 11.3. The standard InChI is InChI=1S/C27H25N5O5/c1-16(18-13-19(36-2)15-20(14-18)37-3)29-32-27(35)24(28-25(33)17-9-5-4-6-10-17)23-21-11-7-8-12-22(21)26(34)31-30-23/h4-15,24H,1-3H3,(H,28,33)(H,31,34)(H,32,35)/b29-16+. The van der Waals surface area contributed by atoms with E-state index in [9.17, 15) is 14.4 Å². The molecule has 1 aromatic heterocycles. The quantitative estimate of drug-likeness (QED) is 0.252. The van der Waals surface area contributed by atoms with E-state index < -0.39 is 23.4 Å². The van der Waals surface area contributed by atoms with Gasteiger partial charge in [0.2, 0.25) is 0 Å². The summed E-state index contributed by atoms with van der Waals surface area (Å²) in [5.74, 6) is -0.0152. The number of hydrogen-bond donors (Lipinski definition) is 3. The number of hydrazone groups is 1. The van der Waals surface area contributed by atoms with Crippen LogP contribution in [0.25, 0.3) is 10.8 Å². The molecule has 4 rings (SSSR count). The molecular weight excluding hydrogens is 474 g/mol. The molecule has 0 fully saturated rings. The second kappa shape index (κ2) is 11.2. The van der Waals surface area contributed by atoms with E-state index in [1.165, 1.54) is 14.2 Å². The summed E-state index contributed by atoms with van der Waals surface area (Å²) in [6, 6.07) is 19.1. The summed E-state index contributed by atoms with van der Waals surface area (Å²) < 4.78 is 10.6. The van der Waals surface area contributed by atoms with Gasteiger partial charge in [-0.05, 0) is 37.3 Å². The van der Waals surface area contributed by atoms with Crippen molar-refractivity contribution in [3.8, 4) is 11.5 Å². The minimum absolute atomic E-state index is 0.174. The number of rotatable bonds is 8. The SMILES string of the molecule is COc1cc(OC)cc(/C(C)=N/NC(=O)C(NC(=O)c2ccccc2)c2n[nH]c(=O)c3ccccc23)c1. The summed E-state index contributed by atoms with van der Waals surface area (Å²) in [6.45, 7) is 1.71. The molecule has 188 valence electrons. The summed E-state index contributed by atoms with van der Waals surface area (Å²) in [7, 11) is 3.07. The Balaban J connectivity index is 1.69. The molecule has 1 unspecified atom stereocenters. The van der Waals surface area contributed by atoms with Crippen LogP contribution in [0.15, 0.2) is 82.7 Å². The third kappa shape index (κ3) is 5.64. The Kier molecular flexibility index (Phi) is 7.58. The number of carbonyl (C=O) groups is 2. The average Bonchev–Trinajstić information content (AvgIpc) is 2.95. The van der Waals surface area contributed by atoms with Crippen LogP contribution in [0.1, 0.15) is 34.6 Å². The zero-order valence-electron chi connectivity index (χ0n) is 20.4. The summed E-state index contributed by atoms with van der Waals surface area (Å²) >= 11 is 0. The van der Waals surface area contributed by atoms with Gasteiger partial charge in [-0.3, -0.25) is 14.4 Å². The lowest BCUT2D eigenvalue weighted by atomic mass is 10.0. The molecule has 10 nitrogen and oxygen atoms in total. The third-order valence-electron chi connectivity index (χ3n) is 5.68. The van der Waals surface area contributed by atoms with Crippen LogP contribution in [-0.4, -0.2) is 41.9 Å². The van der Waals surface area contributed by atoms with Gasteiger partial charge < -0.3 is 14.8 Å². The largest absolute Gasteiger partial charge is 0.497 e. The number of benzene rings is 3. The smallest absolute Gasteiger partial charge is 0.272 e. The van der Waals surface area contributed by atoms with Gasteiger partial charge in [-0.1, -0.05) is 36.4 Å². The second-order valence-electron chi connectivity index (χ2n) is 8.03. The molecule has 1 heterocycles. The topological polar surface area (TPSA) is 135 Å². The summed E-state index contributed by atoms with van der Waals surface area (Å²) in [5.41, 5.74) is 3.77. The maximum Gasteiger partial charge on any atom is 0.272 e. The molecule has 1 atom stereocenters. The van der Waals surface area contributed by atoms with Gasteiger partial charge in [-0.15, -0.1) is 0 Å². The van der Waals surface area contributed by atoms with Crippen LogP contribution in [0.5, 0.6) is 11.5 Å². The van der Waals surface area contributed by atoms with E-state index in [4.69, 9.17) is 9.47 Å². The van der Waals surface area contributed by atoms with Crippen molar-refractivity contribution in [2.45, 2.75) is 13.0 Å². The van der Waals surface area contributed by atoms with Crippen molar-refractivity contribution in [2.24, 2.45) is 5.10 Å². The number of H-pyrrole nitrogens is 1. The van der Waals surface area contributed by atoms with Crippen molar-refractivity contribution in [1.82, 2.24) is 20.9 Å². The molecule has 0 aliphatic heterocycles. The molecule has 0 radical (unpaired) electrons. The van der Waals surface area contributed by atoms with Crippen LogP contribution < -0.4 is 25.8 Å². The maximum absolute atomic E-state index is 13.4. The van der Waals surface area contributed by atoms with Crippen molar-refractivity contribution >= 4 is 28.3 Å². The number of hydrogen-bond acceptors (Lipinski definition) is 7. The summed E-state index contributed by atoms with van der Waals surface area (Å²) in [5, 5.41) is 14.2. The zero-order chi connectivity index (χ0) is 26.4. The molecule has 37 heavy (non-hydrogen) atoms. The molecule has 0 saturated carbocycles. The van der Waals surface area contributed by atoms with Gasteiger partial charge in [-0.2, -0.15) is 10.2 Å². The van der Waals surface area contributed by atoms with Crippen molar-refractivity contribution in [3.63, 3.8) is 0 Å². The van der Waals surface area contributed by atoms with Crippen LogP contribution in [0.2, 0.25) is 0 Å². The van der Waals surface area contributed by atoms with Crippen LogP contribution >= 0.6 is 0 Å². The molecule has 3 aromatic carbocycles. The lowest BCUT2D eigenvalue weighted by molar-refractivity contribution is -0.123. The Labute approximate surface area is 212 Å². The molecular formula is C27H25N5O5. The molecule has 0 bridgehead atoms. The zero-order valence-corrected chi connectivity index (χ0v) is 20.4. The molecule has 2 amide bonds. The highest BCUT2D eigenvalue weighted by Crippen LogP contribution is 2.23. The van der Waals surface area contributed by atoms with E-state index in [2.05, 4.69) is 26.0 Å². The average molecular weight is 500 g/mol. The lowest BCUT2D eigenvalue weighted by Crippen LogP contribution is -2.40. The highest BCUT2D eigenvalue weighted by molar-refractivity contribution is 6.02. The first-order valence-corrected chi connectivity index (χ1v) is 11.3. The Morgan fingerprint density at radius 1 is 0.892 bits per heavy atom. The van der Waals surface area contributed by atoms with Crippen molar-refractivity contribution in [1.29, 1.82) is 0 Å². The van der Waals surface area contributed by atoms with Gasteiger partial charge in [0.1, 0.15) is 17.2 Å². The molecule has 3 N–H and O–H groups in total. The fourth-order valence-electron chi connectivity index (χ4n) is 3.70. The first kappa shape index (κ1) is 25.1. The minimum atomic E-state index is -1.26. The van der Waals surface area contributed by atoms with Gasteiger partial charge in [0.15, 0.2) is 6.04 Å². The first-order chi connectivity index (χ1) is 17.9. The van der Waals surface area contributed by atoms with Gasteiger partial charge in [0.05, 0.1) is 25.3 Å². The van der Waals surface area contributed by atoms with Gasteiger partial charge >= 0.3 is 0 Å². The lowest BCUT2D eigenvalue weighted by Gasteiger charge is -2.18. The predicted octanol–water partition coefficient (Wildman–Crippen LogP) is 2.95. The van der Waals surface area contributed by atoms with Gasteiger partial charge in [0.25, 0.3) is 17.4 Å². The third-order valence-corrected chi connectivity index (χ3v) is 5.68. The number of carbonyl (C=O) groups excluding carboxylic acids is 2. The normalized spacial score (nSPS) is 12.0. The predicted molar refractivity (Wildman–Crippen MR) is 139 cm³/mol. The molecule has 0 aliphatic rings. The molecule has 4 aromatic rings. The molecule has 0 spiro atoms. The Morgan fingerprint density at radius 3 is 2.16 bits per heavy atom. The number of aromatic amines is 1. The van der Waals surface area contributed by atoms with E-state index >= 15 is 0 Å². The Hall–Kier alpha value is -4.99. The van der Waals surface area contributed by atoms with E-state index in [0.29, 0.717) is 39.1 Å². The maximum atomic E-state index is 13.4.